The SMILES string of the molecule is CSc1ccc(/C=N\NC(=O)CN(C)S(=O)(=O)c2ccc(Br)cc2)cc1. The van der Waals surface area contributed by atoms with Crippen LogP contribution < -0.4 is 5.43 Å². The second-order valence-electron chi connectivity index (χ2n) is 5.28. The lowest BCUT2D eigenvalue weighted by atomic mass is 10.2. The predicted molar refractivity (Wildman–Crippen MR) is 108 cm³/mol. The topological polar surface area (TPSA) is 78.8 Å². The summed E-state index contributed by atoms with van der Waals surface area (Å²) in [5.41, 5.74) is 3.17. The lowest BCUT2D eigenvalue weighted by molar-refractivity contribution is -0.121. The number of amides is 1. The molecule has 0 heterocycles. The Labute approximate surface area is 165 Å². The summed E-state index contributed by atoms with van der Waals surface area (Å²) in [6.07, 6.45) is 3.49. The normalized spacial score (nSPS) is 11.8. The summed E-state index contributed by atoms with van der Waals surface area (Å²) in [7, 11) is -2.39. The molecule has 1 N–H and O–H groups in total. The van der Waals surface area contributed by atoms with Gasteiger partial charge in [0.25, 0.3) is 5.91 Å². The van der Waals surface area contributed by atoms with Crippen molar-refractivity contribution in [2.45, 2.75) is 9.79 Å². The molecule has 0 aliphatic heterocycles. The van der Waals surface area contributed by atoms with E-state index in [-0.39, 0.29) is 11.4 Å². The minimum absolute atomic E-state index is 0.119. The van der Waals surface area contributed by atoms with Gasteiger partial charge >= 0.3 is 0 Å². The maximum atomic E-state index is 12.4. The van der Waals surface area contributed by atoms with Crippen LogP contribution >= 0.6 is 27.7 Å². The fourth-order valence-corrected chi connectivity index (χ4v) is 3.78. The summed E-state index contributed by atoms with van der Waals surface area (Å²) in [5, 5.41) is 3.86. The summed E-state index contributed by atoms with van der Waals surface area (Å²) in [5.74, 6) is -0.523. The Hall–Kier alpha value is -1.68. The molecule has 0 bridgehead atoms. The molecule has 6 nitrogen and oxygen atoms in total. The molecule has 0 aliphatic carbocycles. The number of thioether (sulfide) groups is 1. The molecule has 0 fully saturated rings. The lowest BCUT2D eigenvalue weighted by Crippen LogP contribution is -2.36. The summed E-state index contributed by atoms with van der Waals surface area (Å²) in [4.78, 5) is 13.2. The summed E-state index contributed by atoms with van der Waals surface area (Å²) >= 11 is 4.89. The number of carbonyl (C=O) groups is 1. The Bertz CT molecular complexity index is 882. The number of sulfonamides is 1. The van der Waals surface area contributed by atoms with E-state index < -0.39 is 15.9 Å². The van der Waals surface area contributed by atoms with Gasteiger partial charge in [0, 0.05) is 16.4 Å². The van der Waals surface area contributed by atoms with Crippen LogP contribution in [0.4, 0.5) is 0 Å². The quantitative estimate of drug-likeness (QED) is 0.395. The molecule has 0 spiro atoms. The molecule has 0 saturated heterocycles. The molecule has 0 saturated carbocycles. The first-order valence-electron chi connectivity index (χ1n) is 7.51. The van der Waals surface area contributed by atoms with Gasteiger partial charge in [-0.1, -0.05) is 28.1 Å². The third-order valence-electron chi connectivity index (χ3n) is 3.41. The molecule has 0 aliphatic rings. The van der Waals surface area contributed by atoms with E-state index in [1.54, 1.807) is 23.9 Å². The molecule has 2 aromatic carbocycles. The van der Waals surface area contributed by atoms with Crippen LogP contribution in [0.5, 0.6) is 0 Å². The van der Waals surface area contributed by atoms with Crippen molar-refractivity contribution in [3.63, 3.8) is 0 Å². The molecule has 0 atom stereocenters. The van der Waals surface area contributed by atoms with Gasteiger partial charge in [-0.05, 0) is 48.2 Å². The maximum absolute atomic E-state index is 12.4. The van der Waals surface area contributed by atoms with Gasteiger partial charge in [0.2, 0.25) is 10.0 Å². The second kappa shape index (κ2) is 9.31. The number of benzene rings is 2. The Morgan fingerprint density at radius 1 is 1.19 bits per heavy atom. The zero-order valence-corrected chi connectivity index (χ0v) is 17.4. The third-order valence-corrected chi connectivity index (χ3v) is 6.50. The smallest absolute Gasteiger partial charge is 0.255 e. The highest BCUT2D eigenvalue weighted by atomic mass is 79.9. The van der Waals surface area contributed by atoms with Crippen LogP contribution in [0.2, 0.25) is 0 Å². The van der Waals surface area contributed by atoms with Crippen LogP contribution in [0.15, 0.2) is 67.9 Å². The van der Waals surface area contributed by atoms with Gasteiger partial charge < -0.3 is 0 Å². The van der Waals surface area contributed by atoms with Crippen molar-refractivity contribution in [3.8, 4) is 0 Å². The molecule has 2 aromatic rings. The number of nitrogens with zero attached hydrogens (tertiary/aromatic N) is 2. The molecular weight excluding hydrogens is 438 g/mol. The number of carbonyl (C=O) groups excluding carboxylic acids is 1. The van der Waals surface area contributed by atoms with Gasteiger partial charge in [-0.25, -0.2) is 13.8 Å². The van der Waals surface area contributed by atoms with Crippen molar-refractivity contribution < 1.29 is 13.2 Å². The Kier molecular flexibility index (Phi) is 7.39. The van der Waals surface area contributed by atoms with Crippen molar-refractivity contribution in [1.29, 1.82) is 0 Å². The number of nitrogens with one attached hydrogen (secondary N) is 1. The van der Waals surface area contributed by atoms with E-state index in [1.165, 1.54) is 25.4 Å². The third kappa shape index (κ3) is 5.66. The zero-order valence-electron chi connectivity index (χ0n) is 14.2. The minimum Gasteiger partial charge on any atom is -0.272 e. The summed E-state index contributed by atoms with van der Waals surface area (Å²) in [6.45, 7) is -0.332. The standard InChI is InChI=1S/C17H18BrN3O3S2/c1-21(26(23,24)16-9-5-14(18)6-10-16)12-17(22)20-19-11-13-3-7-15(25-2)8-4-13/h3-11H,12H2,1-2H3,(H,20,22)/b19-11-. The van der Waals surface area contributed by atoms with Gasteiger partial charge in [-0.2, -0.15) is 9.41 Å². The van der Waals surface area contributed by atoms with E-state index in [1.807, 2.05) is 30.5 Å². The van der Waals surface area contributed by atoms with E-state index in [9.17, 15) is 13.2 Å². The van der Waals surface area contributed by atoms with E-state index in [4.69, 9.17) is 0 Å². The molecule has 26 heavy (non-hydrogen) atoms. The largest absolute Gasteiger partial charge is 0.272 e. The highest BCUT2D eigenvalue weighted by Gasteiger charge is 2.22. The molecule has 0 aromatic heterocycles. The van der Waals surface area contributed by atoms with Gasteiger partial charge in [0.15, 0.2) is 0 Å². The number of hydrogen-bond donors (Lipinski definition) is 1. The number of hydrazone groups is 1. The lowest BCUT2D eigenvalue weighted by Gasteiger charge is -2.16. The Morgan fingerprint density at radius 2 is 1.81 bits per heavy atom. The second-order valence-corrected chi connectivity index (χ2v) is 9.12. The minimum atomic E-state index is -3.74. The highest BCUT2D eigenvalue weighted by Crippen LogP contribution is 2.17. The van der Waals surface area contributed by atoms with E-state index in [2.05, 4.69) is 26.5 Å². The number of rotatable bonds is 7. The van der Waals surface area contributed by atoms with Crippen LogP contribution in [-0.2, 0) is 14.8 Å². The van der Waals surface area contributed by atoms with E-state index in [0.29, 0.717) is 0 Å². The molecule has 9 heteroatoms. The number of hydrogen-bond acceptors (Lipinski definition) is 5. The van der Waals surface area contributed by atoms with Crippen LogP contribution in [0.3, 0.4) is 0 Å². The Morgan fingerprint density at radius 3 is 2.38 bits per heavy atom. The zero-order chi connectivity index (χ0) is 19.2. The van der Waals surface area contributed by atoms with Gasteiger partial charge in [0.05, 0.1) is 17.7 Å². The van der Waals surface area contributed by atoms with Crippen LogP contribution in [-0.4, -0.2) is 44.7 Å². The van der Waals surface area contributed by atoms with Gasteiger partial charge in [0.1, 0.15) is 0 Å². The van der Waals surface area contributed by atoms with Gasteiger partial charge in [-0.15, -0.1) is 11.8 Å². The van der Waals surface area contributed by atoms with Gasteiger partial charge in [-0.3, -0.25) is 4.79 Å². The fourth-order valence-electron chi connectivity index (χ4n) is 1.98. The number of halogens is 1. The maximum Gasteiger partial charge on any atom is 0.255 e. The van der Waals surface area contributed by atoms with E-state index >= 15 is 0 Å². The van der Waals surface area contributed by atoms with E-state index in [0.717, 1.165) is 19.2 Å². The number of likely N-dealkylation sites (N-methyl/N-ethyl adjacent to an activating group) is 1. The average molecular weight is 456 g/mol. The van der Waals surface area contributed by atoms with Crippen molar-refractivity contribution in [3.05, 3.63) is 58.6 Å². The van der Waals surface area contributed by atoms with Crippen molar-refractivity contribution in [2.75, 3.05) is 19.8 Å². The molecule has 138 valence electrons. The predicted octanol–water partition coefficient (Wildman–Crippen LogP) is 2.94. The molecular formula is C17H18BrN3O3S2. The molecule has 0 unspecified atom stereocenters. The summed E-state index contributed by atoms with van der Waals surface area (Å²) in [6, 6.07) is 13.9. The first-order valence-corrected chi connectivity index (χ1v) is 11.0. The molecule has 1 amide bonds. The Balaban J connectivity index is 1.93. The monoisotopic (exact) mass is 455 g/mol. The first-order chi connectivity index (χ1) is 12.3. The van der Waals surface area contributed by atoms with Crippen LogP contribution in [0.1, 0.15) is 5.56 Å². The van der Waals surface area contributed by atoms with Crippen molar-refractivity contribution in [1.82, 2.24) is 9.73 Å². The molecule has 2 rings (SSSR count). The van der Waals surface area contributed by atoms with Crippen molar-refractivity contribution in [2.24, 2.45) is 5.10 Å². The highest BCUT2D eigenvalue weighted by molar-refractivity contribution is 9.10. The average Bonchev–Trinajstić information content (AvgIpc) is 2.62. The van der Waals surface area contributed by atoms with Crippen LogP contribution in [0, 0.1) is 0 Å². The first kappa shape index (κ1) is 20.6. The fraction of sp³-hybridized carbons (Fsp3) is 0.176. The molecule has 0 radical (unpaired) electrons. The summed E-state index contributed by atoms with van der Waals surface area (Å²) < 4.78 is 26.6. The van der Waals surface area contributed by atoms with Crippen molar-refractivity contribution >= 4 is 49.8 Å². The van der Waals surface area contributed by atoms with Crippen LogP contribution in [0.25, 0.3) is 0 Å².